The van der Waals surface area contributed by atoms with Crippen LogP contribution in [0.2, 0.25) is 0 Å². The standard InChI is InChI=1S/C17H16FN3O3/c1-9-8-24-10(2)15(9)16-14(7-19-23)21(3)20-17(16)12-5-4-11(22)6-13(12)18/h4-8,22-23H,1-3H3/b19-7+. The SMILES string of the molecule is Cc1coc(C)c1-c1c(-c2ccc(O)cc2F)nn(C)c1/C=N/O. The molecule has 0 spiro atoms. The molecular formula is C17H16FN3O3. The summed E-state index contributed by atoms with van der Waals surface area (Å²) in [5.41, 5.74) is 3.33. The Hall–Kier alpha value is -3.09. The quantitative estimate of drug-likeness (QED) is 0.437. The van der Waals surface area contributed by atoms with Gasteiger partial charge in [0.25, 0.3) is 0 Å². The molecule has 3 aromatic rings. The van der Waals surface area contributed by atoms with Crippen LogP contribution in [0.1, 0.15) is 17.0 Å². The van der Waals surface area contributed by atoms with Gasteiger partial charge in [-0.1, -0.05) is 5.16 Å². The number of furan rings is 1. The summed E-state index contributed by atoms with van der Waals surface area (Å²) in [6.07, 6.45) is 2.85. The predicted octanol–water partition coefficient (Wildman–Crippen LogP) is 3.62. The van der Waals surface area contributed by atoms with Gasteiger partial charge in [0.2, 0.25) is 0 Å². The van der Waals surface area contributed by atoms with Crippen LogP contribution in [0.5, 0.6) is 5.75 Å². The zero-order chi connectivity index (χ0) is 17.4. The molecule has 0 bridgehead atoms. The van der Waals surface area contributed by atoms with E-state index in [1.807, 2.05) is 6.92 Å². The lowest BCUT2D eigenvalue weighted by Gasteiger charge is -2.06. The number of aryl methyl sites for hydroxylation is 3. The van der Waals surface area contributed by atoms with Gasteiger partial charge in [-0.2, -0.15) is 5.10 Å². The fraction of sp³-hybridized carbons (Fsp3) is 0.176. The van der Waals surface area contributed by atoms with Crippen LogP contribution < -0.4 is 0 Å². The second kappa shape index (κ2) is 5.84. The molecule has 0 aliphatic heterocycles. The average Bonchev–Trinajstić information content (AvgIpc) is 3.00. The smallest absolute Gasteiger partial charge is 0.136 e. The summed E-state index contributed by atoms with van der Waals surface area (Å²) in [4.78, 5) is 0. The maximum absolute atomic E-state index is 14.4. The van der Waals surface area contributed by atoms with Crippen LogP contribution in [-0.4, -0.2) is 26.3 Å². The first kappa shape index (κ1) is 15.8. The number of aromatic hydroxyl groups is 1. The molecule has 0 aliphatic rings. The van der Waals surface area contributed by atoms with Crippen molar-refractivity contribution in [3.05, 3.63) is 47.3 Å². The normalized spacial score (nSPS) is 11.5. The molecule has 0 saturated heterocycles. The molecular weight excluding hydrogens is 313 g/mol. The molecule has 3 rings (SSSR count). The van der Waals surface area contributed by atoms with E-state index in [4.69, 9.17) is 9.62 Å². The Morgan fingerprint density at radius 1 is 1.29 bits per heavy atom. The van der Waals surface area contributed by atoms with Crippen molar-refractivity contribution in [1.29, 1.82) is 0 Å². The van der Waals surface area contributed by atoms with Gasteiger partial charge in [0.15, 0.2) is 0 Å². The van der Waals surface area contributed by atoms with Crippen LogP contribution in [-0.2, 0) is 7.05 Å². The Labute approximate surface area is 137 Å². The van der Waals surface area contributed by atoms with E-state index >= 15 is 0 Å². The largest absolute Gasteiger partial charge is 0.508 e. The van der Waals surface area contributed by atoms with E-state index in [9.17, 15) is 9.50 Å². The van der Waals surface area contributed by atoms with Crippen molar-refractivity contribution in [2.24, 2.45) is 12.2 Å². The minimum Gasteiger partial charge on any atom is -0.508 e. The van der Waals surface area contributed by atoms with Crippen molar-refractivity contribution in [3.8, 4) is 28.1 Å². The summed E-state index contributed by atoms with van der Waals surface area (Å²) in [6.45, 7) is 3.67. The number of phenolic OH excluding ortho intramolecular Hbond substituents is 1. The number of benzene rings is 1. The Balaban J connectivity index is 2.37. The number of phenols is 1. The highest BCUT2D eigenvalue weighted by molar-refractivity contribution is 5.96. The lowest BCUT2D eigenvalue weighted by atomic mass is 9.96. The molecule has 0 radical (unpaired) electrons. The first-order chi connectivity index (χ1) is 11.4. The number of hydrogen-bond donors (Lipinski definition) is 2. The second-order valence-corrected chi connectivity index (χ2v) is 5.49. The average molecular weight is 329 g/mol. The zero-order valence-corrected chi connectivity index (χ0v) is 13.4. The van der Waals surface area contributed by atoms with Gasteiger partial charge >= 0.3 is 0 Å². The molecule has 0 aliphatic carbocycles. The number of rotatable bonds is 3. The fourth-order valence-electron chi connectivity index (χ4n) is 2.82. The van der Waals surface area contributed by atoms with Crippen molar-refractivity contribution in [3.63, 3.8) is 0 Å². The molecule has 2 N–H and O–H groups in total. The van der Waals surface area contributed by atoms with Crippen molar-refractivity contribution < 1.29 is 19.1 Å². The topological polar surface area (TPSA) is 83.8 Å². The monoisotopic (exact) mass is 329 g/mol. The zero-order valence-electron chi connectivity index (χ0n) is 13.4. The molecule has 7 heteroatoms. The van der Waals surface area contributed by atoms with Gasteiger partial charge in [-0.15, -0.1) is 0 Å². The summed E-state index contributed by atoms with van der Waals surface area (Å²) in [5.74, 6) is -0.115. The number of halogens is 1. The Morgan fingerprint density at radius 2 is 2.04 bits per heavy atom. The third kappa shape index (κ3) is 2.44. The lowest BCUT2D eigenvalue weighted by molar-refractivity contribution is 0.321. The van der Waals surface area contributed by atoms with Gasteiger partial charge in [0, 0.05) is 29.8 Å². The Morgan fingerprint density at radius 3 is 2.62 bits per heavy atom. The van der Waals surface area contributed by atoms with E-state index in [2.05, 4.69) is 10.3 Å². The summed E-state index contributed by atoms with van der Waals surface area (Å²) in [5, 5.41) is 25.9. The van der Waals surface area contributed by atoms with Gasteiger partial charge in [0.05, 0.1) is 18.2 Å². The van der Waals surface area contributed by atoms with Crippen molar-refractivity contribution in [2.75, 3.05) is 0 Å². The van der Waals surface area contributed by atoms with E-state index in [1.165, 1.54) is 23.0 Å². The van der Waals surface area contributed by atoms with Crippen LogP contribution in [0.3, 0.4) is 0 Å². The third-order valence-electron chi connectivity index (χ3n) is 3.89. The van der Waals surface area contributed by atoms with Gasteiger partial charge in [-0.05, 0) is 31.5 Å². The van der Waals surface area contributed by atoms with Crippen molar-refractivity contribution in [1.82, 2.24) is 9.78 Å². The number of nitrogens with zero attached hydrogens (tertiary/aromatic N) is 3. The molecule has 1 aromatic carbocycles. The molecule has 124 valence electrons. The van der Waals surface area contributed by atoms with Crippen LogP contribution in [0.15, 0.2) is 34.0 Å². The predicted molar refractivity (Wildman–Crippen MR) is 86.8 cm³/mol. The van der Waals surface area contributed by atoms with Crippen molar-refractivity contribution in [2.45, 2.75) is 13.8 Å². The van der Waals surface area contributed by atoms with Gasteiger partial charge < -0.3 is 14.7 Å². The number of hydrogen-bond acceptors (Lipinski definition) is 5. The van der Waals surface area contributed by atoms with Crippen LogP contribution in [0.4, 0.5) is 4.39 Å². The Kier molecular flexibility index (Phi) is 3.84. The number of aromatic nitrogens is 2. The molecule has 2 aromatic heterocycles. The van der Waals surface area contributed by atoms with Gasteiger partial charge in [0.1, 0.15) is 23.0 Å². The fourth-order valence-corrected chi connectivity index (χ4v) is 2.82. The second-order valence-electron chi connectivity index (χ2n) is 5.49. The number of oxime groups is 1. The maximum Gasteiger partial charge on any atom is 0.136 e. The van der Waals surface area contributed by atoms with Gasteiger partial charge in [-0.3, -0.25) is 4.68 Å². The summed E-state index contributed by atoms with van der Waals surface area (Å²) >= 11 is 0. The highest BCUT2D eigenvalue weighted by Gasteiger charge is 2.24. The molecule has 6 nitrogen and oxygen atoms in total. The highest BCUT2D eigenvalue weighted by Crippen LogP contribution is 2.39. The third-order valence-corrected chi connectivity index (χ3v) is 3.89. The van der Waals surface area contributed by atoms with E-state index in [0.29, 0.717) is 22.7 Å². The van der Waals surface area contributed by atoms with Crippen LogP contribution in [0, 0.1) is 19.7 Å². The Bertz CT molecular complexity index is 921. The molecule has 0 atom stereocenters. The van der Waals surface area contributed by atoms with E-state index in [-0.39, 0.29) is 11.3 Å². The lowest BCUT2D eigenvalue weighted by Crippen LogP contribution is -1.98. The minimum atomic E-state index is -0.597. The summed E-state index contributed by atoms with van der Waals surface area (Å²) < 4.78 is 21.3. The first-order valence-corrected chi connectivity index (χ1v) is 7.22. The molecule has 0 fully saturated rings. The molecule has 24 heavy (non-hydrogen) atoms. The van der Waals surface area contributed by atoms with Crippen molar-refractivity contribution >= 4 is 6.21 Å². The molecule has 0 unspecified atom stereocenters. The van der Waals surface area contributed by atoms with E-state index in [1.54, 1.807) is 20.2 Å². The molecule has 0 saturated carbocycles. The highest BCUT2D eigenvalue weighted by atomic mass is 19.1. The summed E-state index contributed by atoms with van der Waals surface area (Å²) in [7, 11) is 1.67. The minimum absolute atomic E-state index is 0.165. The van der Waals surface area contributed by atoms with E-state index < -0.39 is 5.82 Å². The summed E-state index contributed by atoms with van der Waals surface area (Å²) in [6, 6.07) is 3.88. The first-order valence-electron chi connectivity index (χ1n) is 7.22. The molecule has 2 heterocycles. The maximum atomic E-state index is 14.4. The molecule has 0 amide bonds. The van der Waals surface area contributed by atoms with Crippen LogP contribution in [0.25, 0.3) is 22.4 Å². The van der Waals surface area contributed by atoms with Crippen LogP contribution >= 0.6 is 0 Å². The van der Waals surface area contributed by atoms with E-state index in [0.717, 1.165) is 17.2 Å². The van der Waals surface area contributed by atoms with Gasteiger partial charge in [-0.25, -0.2) is 4.39 Å².